The second-order valence-electron chi connectivity index (χ2n) is 3.72. The smallest absolute Gasteiger partial charge is 0.258 e. The molecule has 1 N–H and O–H groups in total. The van der Waals surface area contributed by atoms with E-state index in [1.807, 2.05) is 17.5 Å². The van der Waals surface area contributed by atoms with Gasteiger partial charge in [0, 0.05) is 10.9 Å². The molecule has 0 fully saturated rings. The standard InChI is InChI=1S/C13H11Cl2NO2S/c14-11-4-3-9(6-12(11)15)18-8-13(17)16-7-10-2-1-5-19-10/h1-6H,7-8H2,(H,16,17). The quantitative estimate of drug-likeness (QED) is 0.912. The lowest BCUT2D eigenvalue weighted by molar-refractivity contribution is -0.123. The molecule has 1 aromatic heterocycles. The first kappa shape index (κ1) is 14.2. The van der Waals surface area contributed by atoms with Crippen molar-refractivity contribution in [2.24, 2.45) is 0 Å². The van der Waals surface area contributed by atoms with Crippen molar-refractivity contribution < 1.29 is 9.53 Å². The Labute approximate surface area is 125 Å². The van der Waals surface area contributed by atoms with Crippen LogP contribution in [0.25, 0.3) is 0 Å². The number of nitrogens with one attached hydrogen (secondary N) is 1. The highest BCUT2D eigenvalue weighted by atomic mass is 35.5. The largest absolute Gasteiger partial charge is 0.484 e. The van der Waals surface area contributed by atoms with E-state index in [0.29, 0.717) is 22.3 Å². The van der Waals surface area contributed by atoms with Crippen LogP contribution in [0.2, 0.25) is 10.0 Å². The van der Waals surface area contributed by atoms with Crippen molar-refractivity contribution in [1.29, 1.82) is 0 Å². The van der Waals surface area contributed by atoms with Crippen LogP contribution in [0.15, 0.2) is 35.7 Å². The third kappa shape index (κ3) is 4.42. The lowest BCUT2D eigenvalue weighted by Gasteiger charge is -2.07. The van der Waals surface area contributed by atoms with Crippen LogP contribution in [-0.4, -0.2) is 12.5 Å². The van der Waals surface area contributed by atoms with Crippen molar-refractivity contribution >= 4 is 40.4 Å². The molecule has 0 radical (unpaired) electrons. The van der Waals surface area contributed by atoms with Gasteiger partial charge in [0.15, 0.2) is 6.61 Å². The lowest BCUT2D eigenvalue weighted by atomic mass is 10.3. The van der Waals surface area contributed by atoms with Gasteiger partial charge in [-0.1, -0.05) is 29.3 Å². The van der Waals surface area contributed by atoms with Crippen molar-refractivity contribution in [3.63, 3.8) is 0 Å². The summed E-state index contributed by atoms with van der Waals surface area (Å²) in [7, 11) is 0. The van der Waals surface area contributed by atoms with E-state index in [1.165, 1.54) is 0 Å². The maximum absolute atomic E-state index is 11.6. The van der Waals surface area contributed by atoms with E-state index in [1.54, 1.807) is 29.5 Å². The summed E-state index contributed by atoms with van der Waals surface area (Å²) in [6.07, 6.45) is 0. The van der Waals surface area contributed by atoms with E-state index in [0.717, 1.165) is 4.88 Å². The number of thiophene rings is 1. The van der Waals surface area contributed by atoms with Crippen LogP contribution in [0.5, 0.6) is 5.75 Å². The summed E-state index contributed by atoms with van der Waals surface area (Å²) >= 11 is 13.2. The minimum absolute atomic E-state index is 0.0522. The maximum atomic E-state index is 11.6. The maximum Gasteiger partial charge on any atom is 0.258 e. The summed E-state index contributed by atoms with van der Waals surface area (Å²) in [6.45, 7) is 0.463. The molecule has 0 bridgehead atoms. The van der Waals surface area contributed by atoms with Crippen LogP contribution in [0.3, 0.4) is 0 Å². The Bertz CT molecular complexity index is 558. The van der Waals surface area contributed by atoms with Gasteiger partial charge in [-0.3, -0.25) is 4.79 Å². The van der Waals surface area contributed by atoms with E-state index < -0.39 is 0 Å². The Morgan fingerprint density at radius 2 is 2.11 bits per heavy atom. The van der Waals surface area contributed by atoms with Crippen molar-refractivity contribution in [2.45, 2.75) is 6.54 Å². The topological polar surface area (TPSA) is 38.3 Å². The molecule has 1 amide bonds. The molecule has 0 spiro atoms. The zero-order valence-electron chi connectivity index (χ0n) is 9.86. The molecule has 0 aliphatic carbocycles. The fourth-order valence-electron chi connectivity index (χ4n) is 1.37. The van der Waals surface area contributed by atoms with E-state index in [9.17, 15) is 4.79 Å². The molecule has 0 atom stereocenters. The molecule has 2 rings (SSSR count). The van der Waals surface area contributed by atoms with E-state index in [4.69, 9.17) is 27.9 Å². The molecule has 3 nitrogen and oxygen atoms in total. The van der Waals surface area contributed by atoms with Gasteiger partial charge in [0.25, 0.3) is 5.91 Å². The van der Waals surface area contributed by atoms with Gasteiger partial charge in [0.1, 0.15) is 5.75 Å². The minimum Gasteiger partial charge on any atom is -0.484 e. The second-order valence-corrected chi connectivity index (χ2v) is 5.57. The van der Waals surface area contributed by atoms with Gasteiger partial charge >= 0.3 is 0 Å². The zero-order valence-corrected chi connectivity index (χ0v) is 12.2. The second kappa shape index (κ2) is 6.80. The molecule has 0 aliphatic rings. The van der Waals surface area contributed by atoms with Crippen molar-refractivity contribution in [3.05, 3.63) is 50.6 Å². The molecule has 0 saturated carbocycles. The number of ether oxygens (including phenoxy) is 1. The summed E-state index contributed by atoms with van der Waals surface area (Å²) < 4.78 is 5.32. The Kier molecular flexibility index (Phi) is 5.07. The Morgan fingerprint density at radius 3 is 2.79 bits per heavy atom. The predicted octanol–water partition coefficient (Wildman–Crippen LogP) is 3.75. The Balaban J connectivity index is 1.78. The molecular formula is C13H11Cl2NO2S. The van der Waals surface area contributed by atoms with Crippen LogP contribution in [0.1, 0.15) is 4.88 Å². The monoisotopic (exact) mass is 315 g/mol. The molecule has 0 unspecified atom stereocenters. The highest BCUT2D eigenvalue weighted by molar-refractivity contribution is 7.09. The molecule has 1 heterocycles. The van der Waals surface area contributed by atoms with Gasteiger partial charge in [0.2, 0.25) is 0 Å². The van der Waals surface area contributed by atoms with Crippen LogP contribution in [-0.2, 0) is 11.3 Å². The van der Waals surface area contributed by atoms with Crippen LogP contribution in [0, 0.1) is 0 Å². The molecule has 100 valence electrons. The third-order valence-electron chi connectivity index (χ3n) is 2.30. The SMILES string of the molecule is O=C(COc1ccc(Cl)c(Cl)c1)NCc1cccs1. The summed E-state index contributed by atoms with van der Waals surface area (Å²) in [6, 6.07) is 8.78. The number of hydrogen-bond acceptors (Lipinski definition) is 3. The Hall–Kier alpha value is -1.23. The van der Waals surface area contributed by atoms with Gasteiger partial charge in [0.05, 0.1) is 16.6 Å². The average molecular weight is 316 g/mol. The van der Waals surface area contributed by atoms with Gasteiger partial charge in [-0.05, 0) is 23.6 Å². The molecule has 6 heteroatoms. The molecule has 19 heavy (non-hydrogen) atoms. The third-order valence-corrected chi connectivity index (χ3v) is 3.92. The Morgan fingerprint density at radius 1 is 1.26 bits per heavy atom. The fraction of sp³-hybridized carbons (Fsp3) is 0.154. The predicted molar refractivity (Wildman–Crippen MR) is 78.1 cm³/mol. The number of hydrogen-bond donors (Lipinski definition) is 1. The normalized spacial score (nSPS) is 10.2. The summed E-state index contributed by atoms with van der Waals surface area (Å²) in [4.78, 5) is 12.7. The number of amides is 1. The number of carbonyl (C=O) groups is 1. The van der Waals surface area contributed by atoms with E-state index >= 15 is 0 Å². The van der Waals surface area contributed by atoms with Crippen LogP contribution >= 0.6 is 34.5 Å². The summed E-state index contributed by atoms with van der Waals surface area (Å²) in [5, 5.41) is 5.59. The number of rotatable bonds is 5. The van der Waals surface area contributed by atoms with Gasteiger partial charge in [-0.25, -0.2) is 0 Å². The van der Waals surface area contributed by atoms with Gasteiger partial charge < -0.3 is 10.1 Å². The van der Waals surface area contributed by atoms with Gasteiger partial charge in [-0.2, -0.15) is 0 Å². The van der Waals surface area contributed by atoms with Crippen molar-refractivity contribution in [3.8, 4) is 5.75 Å². The van der Waals surface area contributed by atoms with Crippen molar-refractivity contribution in [1.82, 2.24) is 5.32 Å². The molecule has 0 aliphatic heterocycles. The van der Waals surface area contributed by atoms with Gasteiger partial charge in [-0.15, -0.1) is 11.3 Å². The van der Waals surface area contributed by atoms with E-state index in [2.05, 4.69) is 5.32 Å². The summed E-state index contributed by atoms with van der Waals surface area (Å²) in [5.74, 6) is 0.333. The first-order valence-corrected chi connectivity index (χ1v) is 7.15. The number of halogens is 2. The lowest BCUT2D eigenvalue weighted by Crippen LogP contribution is -2.28. The average Bonchev–Trinajstić information content (AvgIpc) is 2.91. The highest BCUT2D eigenvalue weighted by Crippen LogP contribution is 2.26. The fourth-order valence-corrected chi connectivity index (χ4v) is 2.30. The zero-order chi connectivity index (χ0) is 13.7. The first-order chi connectivity index (χ1) is 9.15. The number of carbonyl (C=O) groups excluding carboxylic acids is 1. The minimum atomic E-state index is -0.181. The summed E-state index contributed by atoms with van der Waals surface area (Å²) in [5.41, 5.74) is 0. The van der Waals surface area contributed by atoms with Crippen LogP contribution < -0.4 is 10.1 Å². The molecular weight excluding hydrogens is 305 g/mol. The molecule has 2 aromatic rings. The number of benzene rings is 1. The molecule has 0 saturated heterocycles. The van der Waals surface area contributed by atoms with Crippen LogP contribution in [0.4, 0.5) is 0 Å². The molecule has 1 aromatic carbocycles. The highest BCUT2D eigenvalue weighted by Gasteiger charge is 2.05. The van der Waals surface area contributed by atoms with E-state index in [-0.39, 0.29) is 12.5 Å². The first-order valence-electron chi connectivity index (χ1n) is 5.52. The van der Waals surface area contributed by atoms with Crippen molar-refractivity contribution in [2.75, 3.05) is 6.61 Å².